The predicted molar refractivity (Wildman–Crippen MR) is 68.6 cm³/mol. The van der Waals surface area contributed by atoms with Gasteiger partial charge in [0, 0.05) is 17.4 Å². The van der Waals surface area contributed by atoms with Crippen LogP contribution in [0.15, 0.2) is 6.07 Å². The van der Waals surface area contributed by atoms with Gasteiger partial charge in [0.1, 0.15) is 6.54 Å². The third kappa shape index (κ3) is 2.91. The maximum Gasteiger partial charge on any atom is 0.325 e. The summed E-state index contributed by atoms with van der Waals surface area (Å²) in [6.07, 6.45) is 0. The van der Waals surface area contributed by atoms with Crippen LogP contribution in [0.25, 0.3) is 0 Å². The zero-order chi connectivity index (χ0) is 13.9. The monoisotopic (exact) mass is 252 g/mol. The van der Waals surface area contributed by atoms with Gasteiger partial charge in [-0.25, -0.2) is 0 Å². The number of nitrogens with one attached hydrogen (secondary N) is 1. The molecule has 0 aliphatic carbocycles. The van der Waals surface area contributed by atoms with Gasteiger partial charge in [-0.3, -0.25) is 9.59 Å². The molecular weight excluding hydrogens is 232 g/mol. The lowest BCUT2D eigenvalue weighted by atomic mass is 10.2. The SMILES string of the molecule is COC(=O)CNC(=O)c1cc(C)n(C(C)C)c1C. The molecule has 1 amide bonds. The minimum absolute atomic E-state index is 0.110. The lowest BCUT2D eigenvalue weighted by Gasteiger charge is -2.13. The third-order valence-corrected chi connectivity index (χ3v) is 2.87. The van der Waals surface area contributed by atoms with Crippen molar-refractivity contribution in [1.82, 2.24) is 9.88 Å². The molecule has 100 valence electrons. The highest BCUT2D eigenvalue weighted by Crippen LogP contribution is 2.19. The highest BCUT2D eigenvalue weighted by atomic mass is 16.5. The number of hydrogen-bond donors (Lipinski definition) is 1. The second kappa shape index (κ2) is 5.71. The van der Waals surface area contributed by atoms with Gasteiger partial charge in [0.25, 0.3) is 5.91 Å². The molecule has 1 aromatic rings. The van der Waals surface area contributed by atoms with Gasteiger partial charge in [0.2, 0.25) is 0 Å². The van der Waals surface area contributed by atoms with E-state index < -0.39 is 5.97 Å². The number of hydrogen-bond acceptors (Lipinski definition) is 3. The van der Waals surface area contributed by atoms with Crippen molar-refractivity contribution in [3.05, 3.63) is 23.0 Å². The third-order valence-electron chi connectivity index (χ3n) is 2.87. The van der Waals surface area contributed by atoms with Gasteiger partial charge >= 0.3 is 5.97 Å². The Balaban J connectivity index is 2.87. The van der Waals surface area contributed by atoms with Gasteiger partial charge in [-0.15, -0.1) is 0 Å². The van der Waals surface area contributed by atoms with Crippen molar-refractivity contribution in [3.63, 3.8) is 0 Å². The van der Waals surface area contributed by atoms with Crippen molar-refractivity contribution >= 4 is 11.9 Å². The molecule has 0 fully saturated rings. The van der Waals surface area contributed by atoms with Crippen LogP contribution in [0.2, 0.25) is 0 Å². The zero-order valence-electron chi connectivity index (χ0n) is 11.5. The van der Waals surface area contributed by atoms with E-state index in [1.807, 2.05) is 19.9 Å². The van der Waals surface area contributed by atoms with Crippen molar-refractivity contribution < 1.29 is 14.3 Å². The van der Waals surface area contributed by atoms with E-state index in [4.69, 9.17) is 0 Å². The molecule has 0 spiro atoms. The first-order valence-electron chi connectivity index (χ1n) is 5.92. The summed E-state index contributed by atoms with van der Waals surface area (Å²) in [7, 11) is 1.29. The summed E-state index contributed by atoms with van der Waals surface area (Å²) in [5.41, 5.74) is 2.54. The van der Waals surface area contributed by atoms with Crippen LogP contribution in [-0.4, -0.2) is 30.1 Å². The fourth-order valence-electron chi connectivity index (χ4n) is 2.12. The largest absolute Gasteiger partial charge is 0.468 e. The van der Waals surface area contributed by atoms with Gasteiger partial charge in [0.15, 0.2) is 0 Å². The van der Waals surface area contributed by atoms with E-state index >= 15 is 0 Å². The molecule has 0 atom stereocenters. The number of carbonyl (C=O) groups is 2. The first-order chi connectivity index (χ1) is 8.38. The Kier molecular flexibility index (Phi) is 4.53. The van der Waals surface area contributed by atoms with Gasteiger partial charge in [0.05, 0.1) is 12.7 Å². The molecule has 0 bridgehead atoms. The number of nitrogens with zero attached hydrogens (tertiary/aromatic N) is 1. The van der Waals surface area contributed by atoms with E-state index in [2.05, 4.69) is 28.5 Å². The summed E-state index contributed by atoms with van der Waals surface area (Å²) in [6, 6.07) is 2.13. The molecule has 1 aromatic heterocycles. The summed E-state index contributed by atoms with van der Waals surface area (Å²) < 4.78 is 6.57. The Morgan fingerprint density at radius 3 is 2.44 bits per heavy atom. The van der Waals surface area contributed by atoms with Crippen molar-refractivity contribution in [2.24, 2.45) is 0 Å². The van der Waals surface area contributed by atoms with E-state index in [0.29, 0.717) is 11.6 Å². The van der Waals surface area contributed by atoms with Gasteiger partial charge < -0.3 is 14.6 Å². The molecule has 5 heteroatoms. The van der Waals surface area contributed by atoms with E-state index in [1.54, 1.807) is 0 Å². The molecule has 1 heterocycles. The Labute approximate surface area is 107 Å². The molecule has 1 N–H and O–H groups in total. The highest BCUT2D eigenvalue weighted by molar-refractivity contribution is 5.97. The number of methoxy groups -OCH3 is 1. The van der Waals surface area contributed by atoms with Crippen LogP contribution >= 0.6 is 0 Å². The molecule has 0 saturated carbocycles. The summed E-state index contributed by atoms with van der Waals surface area (Å²) >= 11 is 0. The normalized spacial score (nSPS) is 10.6. The standard InChI is InChI=1S/C13H20N2O3/c1-8(2)15-9(3)6-11(10(15)4)13(17)14-7-12(16)18-5/h6,8H,7H2,1-5H3,(H,14,17). The summed E-state index contributed by atoms with van der Waals surface area (Å²) in [5.74, 6) is -0.707. The molecule has 0 saturated heterocycles. The van der Waals surface area contributed by atoms with E-state index in [-0.39, 0.29) is 12.5 Å². The fraction of sp³-hybridized carbons (Fsp3) is 0.538. The smallest absolute Gasteiger partial charge is 0.325 e. The van der Waals surface area contributed by atoms with E-state index in [0.717, 1.165) is 11.4 Å². The molecule has 0 aromatic carbocycles. The van der Waals surface area contributed by atoms with Gasteiger partial charge in [-0.05, 0) is 33.8 Å². The molecule has 0 radical (unpaired) electrons. The number of amides is 1. The Bertz CT molecular complexity index is 461. The Morgan fingerprint density at radius 2 is 2.00 bits per heavy atom. The predicted octanol–water partition coefficient (Wildman–Crippen LogP) is 1.59. The lowest BCUT2D eigenvalue weighted by molar-refractivity contribution is -0.139. The molecule has 0 unspecified atom stereocenters. The maximum absolute atomic E-state index is 11.9. The van der Waals surface area contributed by atoms with E-state index in [9.17, 15) is 9.59 Å². The lowest BCUT2D eigenvalue weighted by Crippen LogP contribution is -2.30. The first-order valence-corrected chi connectivity index (χ1v) is 5.92. The number of ether oxygens (including phenoxy) is 1. The number of aryl methyl sites for hydroxylation is 1. The van der Waals surface area contributed by atoms with Gasteiger partial charge in [-0.2, -0.15) is 0 Å². The summed E-state index contributed by atoms with van der Waals surface area (Å²) in [6.45, 7) is 7.89. The van der Waals surface area contributed by atoms with Crippen LogP contribution in [0, 0.1) is 13.8 Å². The summed E-state index contributed by atoms with van der Waals surface area (Å²) in [4.78, 5) is 22.9. The second-order valence-electron chi connectivity index (χ2n) is 4.51. The Hall–Kier alpha value is -1.78. The topological polar surface area (TPSA) is 60.3 Å². The summed E-state index contributed by atoms with van der Waals surface area (Å²) in [5, 5.41) is 2.54. The van der Waals surface area contributed by atoms with Crippen LogP contribution in [0.3, 0.4) is 0 Å². The van der Waals surface area contributed by atoms with Crippen molar-refractivity contribution in [2.45, 2.75) is 33.7 Å². The molecular formula is C13H20N2O3. The van der Waals surface area contributed by atoms with Crippen LogP contribution in [0.4, 0.5) is 0 Å². The Morgan fingerprint density at radius 1 is 1.39 bits per heavy atom. The number of esters is 1. The second-order valence-corrected chi connectivity index (χ2v) is 4.51. The molecule has 18 heavy (non-hydrogen) atoms. The zero-order valence-corrected chi connectivity index (χ0v) is 11.5. The van der Waals surface area contributed by atoms with Crippen molar-refractivity contribution in [1.29, 1.82) is 0 Å². The average Bonchev–Trinajstić information content (AvgIpc) is 2.61. The molecule has 5 nitrogen and oxygen atoms in total. The van der Waals surface area contributed by atoms with Crippen LogP contribution in [-0.2, 0) is 9.53 Å². The molecule has 0 aliphatic rings. The van der Waals surface area contributed by atoms with Crippen LogP contribution in [0.5, 0.6) is 0 Å². The number of aromatic nitrogens is 1. The minimum Gasteiger partial charge on any atom is -0.468 e. The van der Waals surface area contributed by atoms with Crippen LogP contribution in [0.1, 0.15) is 41.6 Å². The fourth-order valence-corrected chi connectivity index (χ4v) is 2.12. The highest BCUT2D eigenvalue weighted by Gasteiger charge is 2.17. The average molecular weight is 252 g/mol. The minimum atomic E-state index is -0.457. The molecule has 1 rings (SSSR count). The molecule has 0 aliphatic heterocycles. The first kappa shape index (κ1) is 14.3. The van der Waals surface area contributed by atoms with Crippen LogP contribution < -0.4 is 5.32 Å². The number of carbonyl (C=O) groups excluding carboxylic acids is 2. The van der Waals surface area contributed by atoms with Gasteiger partial charge in [-0.1, -0.05) is 0 Å². The quantitative estimate of drug-likeness (QED) is 0.828. The maximum atomic E-state index is 11.9. The number of rotatable bonds is 4. The van der Waals surface area contributed by atoms with Crippen molar-refractivity contribution in [3.8, 4) is 0 Å². The van der Waals surface area contributed by atoms with E-state index in [1.165, 1.54) is 7.11 Å². The van der Waals surface area contributed by atoms with Crippen molar-refractivity contribution in [2.75, 3.05) is 13.7 Å².